The summed E-state index contributed by atoms with van der Waals surface area (Å²) in [5.41, 5.74) is 0.462. The fourth-order valence-electron chi connectivity index (χ4n) is 5.50. The van der Waals surface area contributed by atoms with Crippen LogP contribution in [0.2, 0.25) is 0 Å². The van der Waals surface area contributed by atoms with Gasteiger partial charge in [0.25, 0.3) is 0 Å². The lowest BCUT2D eigenvalue weighted by atomic mass is 9.64. The van der Waals surface area contributed by atoms with Gasteiger partial charge in [-0.3, -0.25) is 9.80 Å². The van der Waals surface area contributed by atoms with Crippen molar-refractivity contribution in [1.29, 1.82) is 0 Å². The number of hydrogen-bond acceptors (Lipinski definition) is 6. The van der Waals surface area contributed by atoms with E-state index < -0.39 is 6.41 Å². The molecule has 1 atom stereocenters. The summed E-state index contributed by atoms with van der Waals surface area (Å²) >= 11 is 2.11. The predicted octanol–water partition coefficient (Wildman–Crippen LogP) is 1.67. The molecule has 0 amide bonds. The smallest absolute Gasteiger partial charge is 0.216 e. The molecular formula is C19H35N3O2S. The Kier molecular flexibility index (Phi) is 5.94. The van der Waals surface area contributed by atoms with E-state index >= 15 is 0 Å². The maximum Gasteiger partial charge on any atom is 0.216 e. The molecule has 4 rings (SSSR count). The minimum absolute atomic E-state index is 0.462. The molecule has 0 bridgehead atoms. The van der Waals surface area contributed by atoms with Gasteiger partial charge in [0.1, 0.15) is 0 Å². The van der Waals surface area contributed by atoms with Gasteiger partial charge in [-0.15, -0.1) is 0 Å². The Labute approximate surface area is 157 Å². The van der Waals surface area contributed by atoms with E-state index in [1.807, 2.05) is 6.92 Å². The van der Waals surface area contributed by atoms with E-state index in [4.69, 9.17) is 4.74 Å². The Morgan fingerprint density at radius 1 is 1.04 bits per heavy atom. The summed E-state index contributed by atoms with van der Waals surface area (Å²) in [6.07, 6.45) is 5.92. The molecule has 0 aromatic carbocycles. The molecule has 0 radical (unpaired) electrons. The first-order valence-electron chi connectivity index (χ1n) is 10.3. The summed E-state index contributed by atoms with van der Waals surface area (Å²) in [5.74, 6) is 2.66. The zero-order valence-electron chi connectivity index (χ0n) is 15.7. The highest BCUT2D eigenvalue weighted by Gasteiger charge is 2.51. The molecule has 3 aliphatic heterocycles. The van der Waals surface area contributed by atoms with Crippen LogP contribution in [-0.2, 0) is 4.74 Å². The number of thioether (sulfide) groups is 1. The molecule has 1 aliphatic carbocycles. The number of rotatable bonds is 5. The van der Waals surface area contributed by atoms with E-state index in [1.54, 1.807) is 0 Å². The molecular weight excluding hydrogens is 334 g/mol. The zero-order chi connectivity index (χ0) is 17.3. The summed E-state index contributed by atoms with van der Waals surface area (Å²) in [5, 5.41) is 10.1. The van der Waals surface area contributed by atoms with Crippen molar-refractivity contribution in [3.05, 3.63) is 0 Å². The van der Waals surface area contributed by atoms with Crippen molar-refractivity contribution < 1.29 is 9.84 Å². The second-order valence-electron chi connectivity index (χ2n) is 8.48. The van der Waals surface area contributed by atoms with Crippen LogP contribution in [-0.4, -0.2) is 95.7 Å². The molecule has 0 aromatic heterocycles. The number of nitrogens with zero attached hydrogens (tertiary/aromatic N) is 3. The summed E-state index contributed by atoms with van der Waals surface area (Å²) in [6, 6.07) is 1.64. The minimum Gasteiger partial charge on any atom is -0.356 e. The van der Waals surface area contributed by atoms with Crippen molar-refractivity contribution in [1.82, 2.24) is 14.7 Å². The fourth-order valence-corrected chi connectivity index (χ4v) is 6.43. The average Bonchev–Trinajstić information content (AvgIpc) is 3.08. The molecule has 144 valence electrons. The summed E-state index contributed by atoms with van der Waals surface area (Å²) in [6.45, 7) is 9.73. The number of aliphatic hydroxyl groups excluding tert-OH is 1. The Bertz CT molecular complexity index is 432. The second-order valence-corrected chi connectivity index (χ2v) is 9.70. The van der Waals surface area contributed by atoms with Gasteiger partial charge >= 0.3 is 0 Å². The van der Waals surface area contributed by atoms with Crippen molar-refractivity contribution in [2.45, 2.75) is 57.5 Å². The molecule has 6 heteroatoms. The number of piperidine rings is 1. The van der Waals surface area contributed by atoms with Crippen LogP contribution in [0.15, 0.2) is 0 Å². The van der Waals surface area contributed by atoms with Crippen molar-refractivity contribution in [3.63, 3.8) is 0 Å². The molecule has 25 heavy (non-hydrogen) atoms. The van der Waals surface area contributed by atoms with Crippen LogP contribution >= 0.6 is 11.8 Å². The molecule has 0 aromatic rings. The largest absolute Gasteiger partial charge is 0.356 e. The highest BCUT2D eigenvalue weighted by molar-refractivity contribution is 7.99. The molecule has 1 saturated carbocycles. The third kappa shape index (κ3) is 4.04. The van der Waals surface area contributed by atoms with Gasteiger partial charge in [-0.2, -0.15) is 11.8 Å². The van der Waals surface area contributed by atoms with Gasteiger partial charge in [0.2, 0.25) is 6.41 Å². The first kappa shape index (κ1) is 18.5. The zero-order valence-corrected chi connectivity index (χ0v) is 16.6. The molecule has 3 heterocycles. The van der Waals surface area contributed by atoms with Crippen molar-refractivity contribution in [3.8, 4) is 0 Å². The number of ether oxygens (including phenoxy) is 1. The second kappa shape index (κ2) is 8.03. The van der Waals surface area contributed by atoms with Gasteiger partial charge in [-0.1, -0.05) is 0 Å². The first-order valence-corrected chi connectivity index (χ1v) is 11.4. The van der Waals surface area contributed by atoms with Crippen molar-refractivity contribution in [2.75, 3.05) is 57.4 Å². The first-order chi connectivity index (χ1) is 12.2. The predicted molar refractivity (Wildman–Crippen MR) is 103 cm³/mol. The monoisotopic (exact) mass is 369 g/mol. The standard InChI is InChI=1S/C19H35N3O2S/c1-2-24-18(23)22-8-5-19(15-22)13-17(14-19)20-6-3-16(4-7-20)21-9-11-25-12-10-21/h16-18,23H,2-15H2,1H3. The number of likely N-dealkylation sites (tertiary alicyclic amines) is 2. The number of aliphatic hydroxyl groups is 1. The van der Waals surface area contributed by atoms with Gasteiger partial charge in [-0.05, 0) is 57.5 Å². The van der Waals surface area contributed by atoms with Gasteiger partial charge < -0.3 is 14.7 Å². The molecule has 4 aliphatic rings. The van der Waals surface area contributed by atoms with Crippen molar-refractivity contribution in [2.24, 2.45) is 5.41 Å². The topological polar surface area (TPSA) is 39.2 Å². The van der Waals surface area contributed by atoms with E-state index in [0.29, 0.717) is 12.0 Å². The lowest BCUT2D eigenvalue weighted by molar-refractivity contribution is -0.188. The van der Waals surface area contributed by atoms with Gasteiger partial charge in [-0.25, -0.2) is 0 Å². The highest BCUT2D eigenvalue weighted by atomic mass is 32.2. The summed E-state index contributed by atoms with van der Waals surface area (Å²) in [4.78, 5) is 7.64. The lowest BCUT2D eigenvalue weighted by Gasteiger charge is -2.52. The Hall–Kier alpha value is 0.150. The molecule has 5 nitrogen and oxygen atoms in total. The molecule has 1 N–H and O–H groups in total. The molecule has 1 unspecified atom stereocenters. The van der Waals surface area contributed by atoms with Gasteiger partial charge in [0.15, 0.2) is 0 Å². The normalized spacial score (nSPS) is 37.4. The molecule has 1 spiro atoms. The third-order valence-electron chi connectivity index (χ3n) is 7.01. The van der Waals surface area contributed by atoms with Gasteiger partial charge in [0, 0.05) is 56.4 Å². The summed E-state index contributed by atoms with van der Waals surface area (Å²) in [7, 11) is 0. The molecule has 3 saturated heterocycles. The van der Waals surface area contributed by atoms with E-state index in [9.17, 15) is 5.11 Å². The van der Waals surface area contributed by atoms with E-state index in [1.165, 1.54) is 69.8 Å². The maximum absolute atomic E-state index is 10.1. The van der Waals surface area contributed by atoms with Crippen LogP contribution in [0.25, 0.3) is 0 Å². The SMILES string of the molecule is CCOC(O)N1CCC2(CC(N3CCC(N4CCSCC4)CC3)C2)C1. The Balaban J connectivity index is 1.20. The highest BCUT2D eigenvalue weighted by Crippen LogP contribution is 2.50. The van der Waals surface area contributed by atoms with Crippen molar-refractivity contribution >= 4 is 11.8 Å². The Morgan fingerprint density at radius 2 is 1.72 bits per heavy atom. The minimum atomic E-state index is -0.693. The van der Waals surface area contributed by atoms with E-state index in [-0.39, 0.29) is 0 Å². The van der Waals surface area contributed by atoms with E-state index in [2.05, 4.69) is 26.5 Å². The van der Waals surface area contributed by atoms with Crippen LogP contribution in [0, 0.1) is 5.41 Å². The third-order valence-corrected chi connectivity index (χ3v) is 7.95. The molecule has 4 fully saturated rings. The van der Waals surface area contributed by atoms with Crippen LogP contribution in [0.3, 0.4) is 0 Å². The average molecular weight is 370 g/mol. The Morgan fingerprint density at radius 3 is 2.40 bits per heavy atom. The quantitative estimate of drug-likeness (QED) is 0.744. The maximum atomic E-state index is 10.1. The van der Waals surface area contributed by atoms with Crippen LogP contribution < -0.4 is 0 Å². The fraction of sp³-hybridized carbons (Fsp3) is 1.00. The number of hydrogen-bond donors (Lipinski definition) is 1. The van der Waals surface area contributed by atoms with Crippen LogP contribution in [0.4, 0.5) is 0 Å². The lowest BCUT2D eigenvalue weighted by Crippen LogP contribution is -2.56. The summed E-state index contributed by atoms with van der Waals surface area (Å²) < 4.78 is 5.37. The van der Waals surface area contributed by atoms with Crippen LogP contribution in [0.1, 0.15) is 39.0 Å². The van der Waals surface area contributed by atoms with Gasteiger partial charge in [0.05, 0.1) is 0 Å². The van der Waals surface area contributed by atoms with E-state index in [0.717, 1.165) is 25.2 Å². The van der Waals surface area contributed by atoms with Crippen LogP contribution in [0.5, 0.6) is 0 Å².